The Hall–Kier alpha value is -8.64. The van der Waals surface area contributed by atoms with Crippen LogP contribution in [0, 0.1) is 5.92 Å². The number of ketones is 6. The van der Waals surface area contributed by atoms with E-state index in [-0.39, 0.29) is 74.8 Å². The van der Waals surface area contributed by atoms with E-state index in [0.717, 1.165) is 6.92 Å². The molecular weight excluding hydrogens is 1300 g/mol. The molecule has 514 valence electrons. The molecular formula is C61H58F9NO24. The van der Waals surface area contributed by atoms with Crippen LogP contribution in [-0.4, -0.2) is 180 Å². The Kier molecular flexibility index (Phi) is 19.9. The first-order valence-corrected chi connectivity index (χ1v) is 28.4. The molecule has 0 radical (unpaired) electrons. The number of methoxy groups -OCH3 is 2. The predicted octanol–water partition coefficient (Wildman–Crippen LogP) is 5.27. The number of aromatic hydroxyl groups is 4. The highest BCUT2D eigenvalue weighted by Gasteiger charge is 2.54. The number of nitrogens with one attached hydrogen (secondary N) is 1. The molecule has 12 atom stereocenters. The van der Waals surface area contributed by atoms with Gasteiger partial charge in [0.15, 0.2) is 35.7 Å². The lowest BCUT2D eigenvalue weighted by molar-refractivity contribution is -0.255. The monoisotopic (exact) mass is 1360 g/mol. The zero-order valence-corrected chi connectivity index (χ0v) is 50.5. The summed E-state index contributed by atoms with van der Waals surface area (Å²) in [6.45, 7) is 7.09. The Morgan fingerprint density at radius 3 is 1.25 bits per heavy atom. The molecule has 10 rings (SSSR count). The Balaban J connectivity index is 0.000000207. The second-order valence-corrected chi connectivity index (χ2v) is 23.2. The molecule has 8 unspecified atom stereocenters. The van der Waals surface area contributed by atoms with E-state index in [9.17, 15) is 124 Å². The first kappa shape index (κ1) is 72.2. The van der Waals surface area contributed by atoms with E-state index >= 15 is 0 Å². The van der Waals surface area contributed by atoms with E-state index in [4.69, 9.17) is 28.4 Å². The van der Waals surface area contributed by atoms with Crippen LogP contribution < -0.4 is 14.8 Å². The summed E-state index contributed by atoms with van der Waals surface area (Å²) < 4.78 is 142. The number of Topliss-reactive ketones (excluding diaryl/α,β-unsaturated/α-hetero) is 2. The number of alkyl halides is 9. The molecule has 25 nitrogen and oxygen atoms in total. The fraction of sp³-hybridized carbons (Fsp3) is 0.459. The van der Waals surface area contributed by atoms with Gasteiger partial charge in [-0.3, -0.25) is 33.6 Å². The number of hydrogen-bond donors (Lipinski definition) is 9. The molecule has 2 saturated heterocycles. The molecule has 4 aromatic carbocycles. The van der Waals surface area contributed by atoms with Gasteiger partial charge in [-0.25, -0.2) is 9.59 Å². The van der Waals surface area contributed by atoms with Crippen LogP contribution in [0.3, 0.4) is 0 Å². The number of benzene rings is 4. The van der Waals surface area contributed by atoms with Gasteiger partial charge in [0.1, 0.15) is 51.8 Å². The van der Waals surface area contributed by atoms with Crippen molar-refractivity contribution in [3.8, 4) is 34.5 Å². The number of carbonyl (C=O) groups excluding carboxylic acids is 9. The number of rotatable bonds is 9. The van der Waals surface area contributed by atoms with Crippen molar-refractivity contribution in [3.05, 3.63) is 103 Å². The molecule has 1 amide bonds. The molecule has 9 N–H and O–H groups in total. The molecule has 0 saturated carbocycles. The summed E-state index contributed by atoms with van der Waals surface area (Å²) in [6, 6.07) is 7.18. The van der Waals surface area contributed by atoms with Gasteiger partial charge in [0.25, 0.3) is 0 Å². The zero-order valence-electron chi connectivity index (χ0n) is 50.5. The Bertz CT molecular complexity index is 3830. The molecule has 2 aliphatic heterocycles. The number of ether oxygens (including phenoxy) is 7. The number of phenols is 4. The van der Waals surface area contributed by atoms with E-state index in [1.807, 2.05) is 6.92 Å². The van der Waals surface area contributed by atoms with Gasteiger partial charge in [0, 0.05) is 71.9 Å². The summed E-state index contributed by atoms with van der Waals surface area (Å²) in [5.41, 5.74) is -7.01. The van der Waals surface area contributed by atoms with Crippen molar-refractivity contribution >= 4 is 52.5 Å². The summed E-state index contributed by atoms with van der Waals surface area (Å²) in [6.07, 6.45) is -27.6. The molecule has 4 aliphatic carbocycles. The highest BCUT2D eigenvalue weighted by Crippen LogP contribution is 2.55. The van der Waals surface area contributed by atoms with Crippen LogP contribution >= 0.6 is 0 Å². The van der Waals surface area contributed by atoms with E-state index in [1.165, 1.54) is 64.5 Å². The highest BCUT2D eigenvalue weighted by atomic mass is 19.4. The van der Waals surface area contributed by atoms with Gasteiger partial charge < -0.3 is 79.3 Å². The average molecular weight is 1360 g/mol. The predicted molar refractivity (Wildman–Crippen MR) is 295 cm³/mol. The van der Waals surface area contributed by atoms with E-state index in [0.29, 0.717) is 0 Å². The van der Waals surface area contributed by atoms with Crippen molar-refractivity contribution in [1.82, 2.24) is 5.32 Å². The Morgan fingerprint density at radius 2 is 0.905 bits per heavy atom. The fourth-order valence-electron chi connectivity index (χ4n) is 12.1. The van der Waals surface area contributed by atoms with Crippen LogP contribution in [0.1, 0.15) is 158 Å². The zero-order chi connectivity index (χ0) is 71.0. The topological polar surface area (TPSA) is 392 Å². The van der Waals surface area contributed by atoms with Crippen molar-refractivity contribution < 1.29 is 157 Å². The molecule has 0 aromatic heterocycles. The molecule has 2 heterocycles. The number of hydrogen-bond acceptors (Lipinski definition) is 24. The minimum atomic E-state index is -5.62. The van der Waals surface area contributed by atoms with Gasteiger partial charge in [-0.1, -0.05) is 31.2 Å². The minimum Gasteiger partial charge on any atom is -0.507 e. The third-order valence-corrected chi connectivity index (χ3v) is 17.0. The van der Waals surface area contributed by atoms with Gasteiger partial charge >= 0.3 is 36.4 Å². The summed E-state index contributed by atoms with van der Waals surface area (Å²) in [4.78, 5) is 110. The highest BCUT2D eigenvalue weighted by molar-refractivity contribution is 6.32. The van der Waals surface area contributed by atoms with Gasteiger partial charge in [-0.2, -0.15) is 39.5 Å². The Morgan fingerprint density at radius 1 is 0.537 bits per heavy atom. The third kappa shape index (κ3) is 13.5. The number of phenolic OH excluding ortho intramolecular Hbond substituents is 4. The average Bonchev–Trinajstić information content (AvgIpc) is 0.718. The lowest BCUT2D eigenvalue weighted by atomic mass is 9.72. The van der Waals surface area contributed by atoms with Crippen molar-refractivity contribution in [3.63, 3.8) is 0 Å². The number of aliphatic hydroxyl groups excluding tert-OH is 2. The largest absolute Gasteiger partial charge is 0.507 e. The molecule has 0 spiro atoms. The molecule has 95 heavy (non-hydrogen) atoms. The molecule has 0 bridgehead atoms. The molecule has 2 fully saturated rings. The third-order valence-electron chi connectivity index (χ3n) is 17.0. The second kappa shape index (κ2) is 26.2. The van der Waals surface area contributed by atoms with Crippen LogP contribution in [0.15, 0.2) is 36.4 Å². The number of carbonyl (C=O) groups is 9. The van der Waals surface area contributed by atoms with Gasteiger partial charge in [-0.15, -0.1) is 0 Å². The van der Waals surface area contributed by atoms with Gasteiger partial charge in [0.2, 0.25) is 11.6 Å². The number of aliphatic hydroxyl groups is 4. The fourth-order valence-corrected chi connectivity index (χ4v) is 12.1. The molecule has 4 aromatic rings. The number of amides is 1. The van der Waals surface area contributed by atoms with E-state index in [1.54, 1.807) is 12.2 Å². The van der Waals surface area contributed by atoms with E-state index in [2.05, 4.69) is 4.74 Å². The number of esters is 2. The first-order valence-electron chi connectivity index (χ1n) is 28.4. The summed E-state index contributed by atoms with van der Waals surface area (Å²) in [5, 5.41) is 90.5. The van der Waals surface area contributed by atoms with E-state index < -0.39 is 208 Å². The van der Waals surface area contributed by atoms with Crippen molar-refractivity contribution in [1.29, 1.82) is 0 Å². The van der Waals surface area contributed by atoms with Crippen LogP contribution in [0.5, 0.6) is 34.5 Å². The first-order chi connectivity index (χ1) is 43.9. The molecule has 34 heteroatoms. The minimum absolute atomic E-state index is 0.000854. The maximum atomic E-state index is 13.7. The van der Waals surface area contributed by atoms with Crippen molar-refractivity contribution in [2.45, 2.75) is 158 Å². The molecule has 6 aliphatic rings. The van der Waals surface area contributed by atoms with Crippen molar-refractivity contribution in [2.24, 2.45) is 5.92 Å². The quantitative estimate of drug-likeness (QED) is 0.0385. The van der Waals surface area contributed by atoms with Gasteiger partial charge in [-0.05, 0) is 45.7 Å². The summed E-state index contributed by atoms with van der Waals surface area (Å²) in [7, 11) is 2.62. The standard InChI is InChI=1S/C29H28F3NO11.C28H30O10.C4F6O3/c1-10-22(35)14(33-27(40)29(30,31)32)7-17(43-10)44-16-9-28(41,11(2)34)8-13-19(16)26(39)21-20(24(13)37)23(36)12-5-4-6-15(42-3)18(12)25(21)38;1-11-8-18(37-12(2)23(11)30)38-17-10-28(35,13(3)29)9-15-20(17)27(34)22-21(25(15)32)24(31)14-6-5-7-16(36-4)19(14)26(22)33;5-3(6,7)1(11)13-2(12)4(8,9)10/h4-6,10,14,16-17,22,35,37,39,41H,7-9H2,1-3H3,(H,33,40);5-7,11-12,17-18,23,30,32,34-35H,8-10H2,1-4H3;/t10?,14?,16-,17?,22?,28-;11?,12?,17-,18?,23?,28-;/m00./s1. The number of halogens is 9. The van der Waals surface area contributed by atoms with Crippen LogP contribution in [0.4, 0.5) is 39.5 Å². The van der Waals surface area contributed by atoms with Crippen LogP contribution in [0.25, 0.3) is 0 Å². The maximum absolute atomic E-state index is 13.7. The lowest BCUT2D eigenvalue weighted by Crippen LogP contribution is -2.57. The second-order valence-electron chi connectivity index (χ2n) is 23.2. The Labute approximate surface area is 529 Å². The summed E-state index contributed by atoms with van der Waals surface area (Å²) >= 11 is 0. The van der Waals surface area contributed by atoms with Gasteiger partial charge in [0.05, 0.1) is 84.2 Å². The lowest BCUT2D eigenvalue weighted by Gasteiger charge is -2.42. The normalized spacial score (nSPS) is 26.8. The SMILES string of the molecule is COc1cccc2c1C(=O)c1c(O)c3c(c(O)c1C2=O)C[C@@](O)(C(C)=O)C[C@@H]3OC1CC(C)C(O)C(C)O1.COc1cccc2c1C(=O)c1c(O)c3c(c(O)c1C2=O)C[C@@](O)(C(C)=O)C[C@@H]3OC1CC(NC(=O)C(F)(F)F)C(O)C(C)O1.O=C(OC(=O)C(F)(F)F)C(F)(F)F. The maximum Gasteiger partial charge on any atom is 0.491 e. The van der Waals surface area contributed by atoms with Crippen molar-refractivity contribution in [2.75, 3.05) is 14.2 Å². The van der Waals surface area contributed by atoms with Crippen LogP contribution in [-0.2, 0) is 60.5 Å². The van der Waals surface area contributed by atoms with Crippen LogP contribution in [0.2, 0.25) is 0 Å². The number of fused-ring (bicyclic) bond motifs is 6. The summed E-state index contributed by atoms with van der Waals surface area (Å²) in [5.74, 6) is -16.0. The smallest absolute Gasteiger partial charge is 0.491 e.